The van der Waals surface area contributed by atoms with E-state index in [-0.39, 0.29) is 5.92 Å². The lowest BCUT2D eigenvalue weighted by Crippen LogP contribution is -2.40. The fourth-order valence-corrected chi connectivity index (χ4v) is 2.15. The molecule has 1 amide bonds. The number of aryl methyl sites for hydroxylation is 2. The van der Waals surface area contributed by atoms with Crippen LogP contribution in [-0.2, 0) is 16.6 Å². The highest BCUT2D eigenvalue weighted by molar-refractivity contribution is 6.31. The zero-order valence-electron chi connectivity index (χ0n) is 12.6. The van der Waals surface area contributed by atoms with E-state index in [0.29, 0.717) is 22.8 Å². The van der Waals surface area contributed by atoms with Crippen LogP contribution in [0.3, 0.4) is 0 Å². The Bertz CT molecular complexity index is 564. The third kappa shape index (κ3) is 4.90. The molecule has 0 saturated heterocycles. The summed E-state index contributed by atoms with van der Waals surface area (Å²) < 4.78 is 1.51. The van der Waals surface area contributed by atoms with Crippen LogP contribution in [0.15, 0.2) is 6.08 Å². The molecule has 0 spiro atoms. The van der Waals surface area contributed by atoms with Crippen LogP contribution in [0.1, 0.15) is 31.5 Å². The van der Waals surface area contributed by atoms with Crippen molar-refractivity contribution in [1.29, 1.82) is 0 Å². The van der Waals surface area contributed by atoms with Gasteiger partial charge in [-0.25, -0.2) is 4.79 Å². The molecule has 1 aromatic rings. The van der Waals surface area contributed by atoms with Crippen LogP contribution < -0.4 is 5.32 Å². The highest BCUT2D eigenvalue weighted by Crippen LogP contribution is 2.19. The minimum atomic E-state index is -1.04. The molecule has 21 heavy (non-hydrogen) atoms. The summed E-state index contributed by atoms with van der Waals surface area (Å²) >= 11 is 6.05. The molecule has 1 heterocycles. The molecule has 0 radical (unpaired) electrons. The fourth-order valence-electron chi connectivity index (χ4n) is 1.91. The van der Waals surface area contributed by atoms with Gasteiger partial charge in [0.2, 0.25) is 5.91 Å². The number of aliphatic carboxylic acids is 1. The number of aromatic nitrogens is 2. The van der Waals surface area contributed by atoms with Gasteiger partial charge in [-0.3, -0.25) is 9.48 Å². The van der Waals surface area contributed by atoms with E-state index in [1.165, 1.54) is 16.8 Å². The van der Waals surface area contributed by atoms with Crippen LogP contribution in [0.2, 0.25) is 5.15 Å². The molecule has 0 aromatic carbocycles. The number of halogens is 1. The number of carboxylic acids is 1. The standard InChI is InChI=1S/C14H20ClN3O3/c1-8(2)7-11(14(20)21)16-12(19)6-5-10-9(3)17-18(4)13(10)15/h5-6,8,11H,7H2,1-4H3,(H,16,19)(H,20,21)/t11-/m1/s1. The summed E-state index contributed by atoms with van der Waals surface area (Å²) in [5.41, 5.74) is 1.34. The Kier molecular flexibility index (Phi) is 5.96. The van der Waals surface area contributed by atoms with Crippen LogP contribution in [0.25, 0.3) is 6.08 Å². The van der Waals surface area contributed by atoms with E-state index in [1.807, 2.05) is 13.8 Å². The minimum Gasteiger partial charge on any atom is -0.480 e. The van der Waals surface area contributed by atoms with Gasteiger partial charge in [0.05, 0.1) is 5.69 Å². The Morgan fingerprint density at radius 3 is 2.52 bits per heavy atom. The smallest absolute Gasteiger partial charge is 0.326 e. The van der Waals surface area contributed by atoms with Gasteiger partial charge in [-0.1, -0.05) is 25.4 Å². The highest BCUT2D eigenvalue weighted by Gasteiger charge is 2.20. The first kappa shape index (κ1) is 17.2. The molecule has 1 atom stereocenters. The van der Waals surface area contributed by atoms with Gasteiger partial charge < -0.3 is 10.4 Å². The number of carbonyl (C=O) groups excluding carboxylic acids is 1. The summed E-state index contributed by atoms with van der Waals surface area (Å²) in [5, 5.41) is 16.1. The van der Waals surface area contributed by atoms with Crippen molar-refractivity contribution in [2.45, 2.75) is 33.2 Å². The van der Waals surface area contributed by atoms with E-state index in [0.717, 1.165) is 0 Å². The lowest BCUT2D eigenvalue weighted by atomic mass is 10.0. The molecule has 0 fully saturated rings. The van der Waals surface area contributed by atoms with Crippen molar-refractivity contribution in [2.24, 2.45) is 13.0 Å². The van der Waals surface area contributed by atoms with Gasteiger partial charge in [-0.15, -0.1) is 0 Å². The van der Waals surface area contributed by atoms with E-state index >= 15 is 0 Å². The Labute approximate surface area is 128 Å². The number of rotatable bonds is 6. The summed E-state index contributed by atoms with van der Waals surface area (Å²) in [7, 11) is 1.70. The quantitative estimate of drug-likeness (QED) is 0.787. The van der Waals surface area contributed by atoms with Gasteiger partial charge in [0.15, 0.2) is 0 Å². The van der Waals surface area contributed by atoms with Crippen molar-refractivity contribution in [2.75, 3.05) is 0 Å². The summed E-state index contributed by atoms with van der Waals surface area (Å²) in [5.74, 6) is -1.34. The van der Waals surface area contributed by atoms with E-state index in [4.69, 9.17) is 16.7 Å². The first-order chi connectivity index (χ1) is 9.72. The number of carboxylic acid groups (broad SMARTS) is 1. The maximum atomic E-state index is 11.8. The van der Waals surface area contributed by atoms with Crippen LogP contribution in [0.4, 0.5) is 0 Å². The van der Waals surface area contributed by atoms with Gasteiger partial charge >= 0.3 is 5.97 Å². The molecule has 1 aromatic heterocycles. The maximum Gasteiger partial charge on any atom is 0.326 e. The Hall–Kier alpha value is -1.82. The molecule has 0 bridgehead atoms. The minimum absolute atomic E-state index is 0.172. The molecule has 7 heteroatoms. The Morgan fingerprint density at radius 1 is 1.48 bits per heavy atom. The van der Waals surface area contributed by atoms with Gasteiger partial charge in [0.1, 0.15) is 11.2 Å². The third-order valence-electron chi connectivity index (χ3n) is 2.92. The molecular weight excluding hydrogens is 294 g/mol. The number of hydrogen-bond donors (Lipinski definition) is 2. The average molecular weight is 314 g/mol. The molecule has 0 aliphatic heterocycles. The van der Waals surface area contributed by atoms with E-state index in [2.05, 4.69) is 10.4 Å². The van der Waals surface area contributed by atoms with Crippen molar-refractivity contribution in [3.63, 3.8) is 0 Å². The average Bonchev–Trinajstić information content (AvgIpc) is 2.60. The van der Waals surface area contributed by atoms with Gasteiger partial charge in [-0.2, -0.15) is 5.10 Å². The van der Waals surface area contributed by atoms with Crippen LogP contribution >= 0.6 is 11.6 Å². The first-order valence-electron chi connectivity index (χ1n) is 6.62. The summed E-state index contributed by atoms with van der Waals surface area (Å²) in [6.07, 6.45) is 3.18. The topological polar surface area (TPSA) is 84.2 Å². The van der Waals surface area contributed by atoms with Gasteiger partial charge in [0.25, 0.3) is 0 Å². The summed E-state index contributed by atoms with van der Waals surface area (Å²) in [6.45, 7) is 5.58. The normalized spacial score (nSPS) is 12.9. The first-order valence-corrected chi connectivity index (χ1v) is 7.00. The second-order valence-corrected chi connectivity index (χ2v) is 5.63. The second-order valence-electron chi connectivity index (χ2n) is 5.28. The molecule has 0 aliphatic rings. The van der Waals surface area contributed by atoms with Crippen LogP contribution in [0, 0.1) is 12.8 Å². The maximum absolute atomic E-state index is 11.8. The number of nitrogens with one attached hydrogen (secondary N) is 1. The molecule has 116 valence electrons. The largest absolute Gasteiger partial charge is 0.480 e. The van der Waals surface area contributed by atoms with E-state index in [9.17, 15) is 9.59 Å². The zero-order valence-corrected chi connectivity index (χ0v) is 13.3. The summed E-state index contributed by atoms with van der Waals surface area (Å²) in [4.78, 5) is 22.9. The van der Waals surface area contributed by atoms with Crippen molar-refractivity contribution < 1.29 is 14.7 Å². The molecule has 0 saturated carbocycles. The predicted octanol–water partition coefficient (Wildman–Crippen LogP) is 2.01. The fraction of sp³-hybridized carbons (Fsp3) is 0.500. The van der Waals surface area contributed by atoms with Crippen LogP contribution in [0.5, 0.6) is 0 Å². The summed E-state index contributed by atoms with van der Waals surface area (Å²) in [6, 6.07) is -0.896. The van der Waals surface area contributed by atoms with Crippen molar-refractivity contribution in [1.82, 2.24) is 15.1 Å². The third-order valence-corrected chi connectivity index (χ3v) is 3.37. The number of nitrogens with zero attached hydrogens (tertiary/aromatic N) is 2. The number of carbonyl (C=O) groups is 2. The molecule has 0 aliphatic carbocycles. The lowest BCUT2D eigenvalue weighted by Gasteiger charge is -2.15. The molecular formula is C14H20ClN3O3. The van der Waals surface area contributed by atoms with Crippen LogP contribution in [-0.4, -0.2) is 32.8 Å². The predicted molar refractivity (Wildman–Crippen MR) is 81.0 cm³/mol. The monoisotopic (exact) mass is 313 g/mol. The van der Waals surface area contributed by atoms with E-state index < -0.39 is 17.9 Å². The molecule has 2 N–H and O–H groups in total. The molecule has 0 unspecified atom stereocenters. The number of amides is 1. The van der Waals surface area contributed by atoms with Crippen molar-refractivity contribution in [3.8, 4) is 0 Å². The van der Waals surface area contributed by atoms with Crippen molar-refractivity contribution in [3.05, 3.63) is 22.5 Å². The molecule has 1 rings (SSSR count). The lowest BCUT2D eigenvalue weighted by molar-refractivity contribution is -0.141. The number of hydrogen-bond acceptors (Lipinski definition) is 3. The van der Waals surface area contributed by atoms with Gasteiger partial charge in [-0.05, 0) is 25.3 Å². The highest BCUT2D eigenvalue weighted by atomic mass is 35.5. The Balaban J connectivity index is 2.76. The van der Waals surface area contributed by atoms with Crippen molar-refractivity contribution >= 4 is 29.6 Å². The second kappa shape index (κ2) is 7.26. The van der Waals surface area contributed by atoms with E-state index in [1.54, 1.807) is 14.0 Å². The Morgan fingerprint density at radius 2 is 2.10 bits per heavy atom. The SMILES string of the molecule is Cc1nn(C)c(Cl)c1C=CC(=O)N[C@H](CC(C)C)C(=O)O. The molecule has 6 nitrogen and oxygen atoms in total. The zero-order chi connectivity index (χ0) is 16.2. The van der Waals surface area contributed by atoms with Gasteiger partial charge in [0, 0.05) is 18.7 Å².